The van der Waals surface area contributed by atoms with E-state index >= 15 is 0 Å². The Kier molecular flexibility index (Phi) is 7.98. The zero-order valence-electron chi connectivity index (χ0n) is 37.3. The Morgan fingerprint density at radius 1 is 0.449 bits per heavy atom. The summed E-state index contributed by atoms with van der Waals surface area (Å²) in [6, 6.07) is 68.4. The largest absolute Gasteiger partial charge is 0.456 e. The van der Waals surface area contributed by atoms with Crippen LogP contribution < -0.4 is 0 Å². The van der Waals surface area contributed by atoms with Gasteiger partial charge in [-0.15, -0.1) is 0 Å². The van der Waals surface area contributed by atoms with Crippen molar-refractivity contribution in [3.63, 3.8) is 0 Å². The molecule has 69 heavy (non-hydrogen) atoms. The second kappa shape index (κ2) is 14.5. The van der Waals surface area contributed by atoms with Crippen molar-refractivity contribution in [3.8, 4) is 34.2 Å². The molecule has 5 aromatic heterocycles. The van der Waals surface area contributed by atoms with Crippen LogP contribution in [0, 0.1) is 0 Å². The number of benzene rings is 9. The SMILES string of the molecule is CC1c2c(c3ccccc3n2-c2ccccc2)C=CC1c1nc(-c2ccc3oc4ccccc4c3c2)nc(-c2c(-n3c4ccccc4c4cc5ccccc5cc43)ccc3oc4ccccc4c23)n1. The molecule has 7 heteroatoms. The number of fused-ring (bicyclic) bond motifs is 13. The van der Waals surface area contributed by atoms with Gasteiger partial charge in [0.15, 0.2) is 11.6 Å². The fourth-order valence-electron chi connectivity index (χ4n) is 11.4. The van der Waals surface area contributed by atoms with Crippen molar-refractivity contribution < 1.29 is 8.83 Å². The number of hydrogen-bond donors (Lipinski definition) is 0. The van der Waals surface area contributed by atoms with E-state index in [-0.39, 0.29) is 11.8 Å². The second-order valence-corrected chi connectivity index (χ2v) is 18.3. The molecular weight excluding hydrogens is 847 g/mol. The summed E-state index contributed by atoms with van der Waals surface area (Å²) in [4.78, 5) is 16.8. The van der Waals surface area contributed by atoms with Crippen LogP contribution in [0.25, 0.3) is 128 Å². The van der Waals surface area contributed by atoms with Gasteiger partial charge in [0, 0.05) is 72.0 Å². The van der Waals surface area contributed by atoms with E-state index in [0.29, 0.717) is 17.5 Å². The summed E-state index contributed by atoms with van der Waals surface area (Å²) >= 11 is 0. The first-order valence-corrected chi connectivity index (χ1v) is 23.5. The lowest BCUT2D eigenvalue weighted by Gasteiger charge is -2.27. The fourth-order valence-corrected chi connectivity index (χ4v) is 11.4. The molecule has 0 radical (unpaired) electrons. The Morgan fingerprint density at radius 2 is 1.07 bits per heavy atom. The zero-order chi connectivity index (χ0) is 45.3. The maximum absolute atomic E-state index is 6.70. The lowest BCUT2D eigenvalue weighted by atomic mass is 9.83. The van der Waals surface area contributed by atoms with Crippen molar-refractivity contribution in [2.45, 2.75) is 18.8 Å². The van der Waals surface area contributed by atoms with Gasteiger partial charge in [0.05, 0.1) is 27.8 Å². The van der Waals surface area contributed by atoms with Gasteiger partial charge in [-0.1, -0.05) is 134 Å². The Hall–Kier alpha value is -9.07. The monoisotopic (exact) mass is 885 g/mol. The third-order valence-corrected chi connectivity index (χ3v) is 14.5. The smallest absolute Gasteiger partial charge is 0.166 e. The van der Waals surface area contributed by atoms with Gasteiger partial charge in [0.1, 0.15) is 28.2 Å². The van der Waals surface area contributed by atoms with Crippen LogP contribution in [-0.4, -0.2) is 24.1 Å². The van der Waals surface area contributed by atoms with Gasteiger partial charge in [-0.25, -0.2) is 15.0 Å². The molecule has 0 aliphatic heterocycles. The lowest BCUT2D eigenvalue weighted by Crippen LogP contribution is -2.18. The molecule has 324 valence electrons. The maximum Gasteiger partial charge on any atom is 0.166 e. The molecule has 1 aliphatic rings. The molecule has 2 atom stereocenters. The number of para-hydroxylation sites is 5. The van der Waals surface area contributed by atoms with Crippen molar-refractivity contribution in [1.29, 1.82) is 0 Å². The van der Waals surface area contributed by atoms with E-state index in [1.165, 1.54) is 43.7 Å². The molecule has 15 rings (SSSR count). The van der Waals surface area contributed by atoms with Crippen molar-refractivity contribution >= 4 is 93.4 Å². The first kappa shape index (κ1) is 38.1. The van der Waals surface area contributed by atoms with Gasteiger partial charge >= 0.3 is 0 Å². The van der Waals surface area contributed by atoms with E-state index in [4.69, 9.17) is 23.8 Å². The number of aromatic nitrogens is 5. The summed E-state index contributed by atoms with van der Waals surface area (Å²) in [5.74, 6) is 1.63. The summed E-state index contributed by atoms with van der Waals surface area (Å²) in [5, 5.41) is 9.94. The van der Waals surface area contributed by atoms with E-state index in [0.717, 1.165) is 77.4 Å². The summed E-state index contributed by atoms with van der Waals surface area (Å²) < 4.78 is 17.9. The van der Waals surface area contributed by atoms with Crippen LogP contribution >= 0.6 is 0 Å². The maximum atomic E-state index is 6.70. The molecule has 14 aromatic rings. The molecule has 0 saturated heterocycles. The molecule has 7 nitrogen and oxygen atoms in total. The molecule has 9 aromatic carbocycles. The highest BCUT2D eigenvalue weighted by atomic mass is 16.3. The molecule has 0 fully saturated rings. The van der Waals surface area contributed by atoms with Crippen molar-refractivity contribution in [1.82, 2.24) is 24.1 Å². The molecule has 0 N–H and O–H groups in total. The Labute approximate surface area is 394 Å². The predicted molar refractivity (Wildman–Crippen MR) is 281 cm³/mol. The average Bonchev–Trinajstić information content (AvgIpc) is 4.16. The average molecular weight is 886 g/mol. The second-order valence-electron chi connectivity index (χ2n) is 18.3. The van der Waals surface area contributed by atoms with Crippen LogP contribution in [0.1, 0.15) is 35.8 Å². The molecule has 0 bridgehead atoms. The minimum atomic E-state index is -0.202. The molecule has 0 amide bonds. The zero-order valence-corrected chi connectivity index (χ0v) is 37.3. The first-order valence-electron chi connectivity index (χ1n) is 23.5. The van der Waals surface area contributed by atoms with E-state index in [1.807, 2.05) is 30.3 Å². The number of rotatable bonds is 5. The topological polar surface area (TPSA) is 74.8 Å². The van der Waals surface area contributed by atoms with Gasteiger partial charge in [-0.3, -0.25) is 0 Å². The third kappa shape index (κ3) is 5.58. The highest BCUT2D eigenvalue weighted by Gasteiger charge is 2.33. The van der Waals surface area contributed by atoms with Gasteiger partial charge in [-0.2, -0.15) is 0 Å². The van der Waals surface area contributed by atoms with Gasteiger partial charge in [0.2, 0.25) is 0 Å². The van der Waals surface area contributed by atoms with Crippen LogP contribution in [0.5, 0.6) is 0 Å². The minimum Gasteiger partial charge on any atom is -0.456 e. The number of allylic oxidation sites excluding steroid dienone is 1. The molecular formula is C62H39N5O2. The first-order chi connectivity index (χ1) is 34.1. The number of furan rings is 2. The quantitative estimate of drug-likeness (QED) is 0.172. The number of nitrogens with zero attached hydrogens (tertiary/aromatic N) is 5. The normalized spacial score (nSPS) is 15.0. The molecule has 0 spiro atoms. The third-order valence-electron chi connectivity index (χ3n) is 14.5. The van der Waals surface area contributed by atoms with Gasteiger partial charge in [-0.05, 0) is 89.6 Å². The molecule has 0 saturated carbocycles. The summed E-state index contributed by atoms with van der Waals surface area (Å²) in [7, 11) is 0. The Bertz CT molecular complexity index is 4470. The standard InChI is InChI=1S/C62H39N5O2/c1-36-41(28-29-45-42-19-7-11-23-49(42)66(59(36)45)40-17-3-2-4-18-40)61-63-60(39-27-31-55-48(34-39)44-21-9-13-25-53(44)68-55)64-62(65-61)58-51(30-32-56-57(58)46-22-10-14-26-54(46)69-56)67-50-24-12-8-20-43(50)47-33-37-15-5-6-16-38(37)35-52(47)67/h2-36,41H,1H3. The van der Waals surface area contributed by atoms with Crippen molar-refractivity contribution in [3.05, 3.63) is 217 Å². The van der Waals surface area contributed by atoms with Crippen LogP contribution in [0.2, 0.25) is 0 Å². The fraction of sp³-hybridized carbons (Fsp3) is 0.0484. The van der Waals surface area contributed by atoms with E-state index in [2.05, 4.69) is 192 Å². The highest BCUT2D eigenvalue weighted by molar-refractivity contribution is 6.17. The van der Waals surface area contributed by atoms with Crippen LogP contribution in [0.15, 0.2) is 209 Å². The van der Waals surface area contributed by atoms with E-state index < -0.39 is 0 Å². The predicted octanol–water partition coefficient (Wildman–Crippen LogP) is 16.1. The van der Waals surface area contributed by atoms with Crippen LogP contribution in [0.4, 0.5) is 0 Å². The summed E-state index contributed by atoms with van der Waals surface area (Å²) in [6.45, 7) is 2.32. The highest BCUT2D eigenvalue weighted by Crippen LogP contribution is 2.47. The Morgan fingerprint density at radius 3 is 1.90 bits per heavy atom. The minimum absolute atomic E-state index is 0.0170. The molecule has 2 unspecified atom stereocenters. The van der Waals surface area contributed by atoms with Crippen LogP contribution in [0.3, 0.4) is 0 Å². The number of hydrogen-bond acceptors (Lipinski definition) is 5. The summed E-state index contributed by atoms with van der Waals surface area (Å²) in [6.07, 6.45) is 4.59. The molecule has 1 aliphatic carbocycles. The van der Waals surface area contributed by atoms with E-state index in [1.54, 1.807) is 0 Å². The van der Waals surface area contributed by atoms with Gasteiger partial charge in [0.25, 0.3) is 0 Å². The lowest BCUT2D eigenvalue weighted by molar-refractivity contribution is 0.607. The summed E-state index contributed by atoms with van der Waals surface area (Å²) in [5.41, 5.74) is 12.9. The van der Waals surface area contributed by atoms with Crippen molar-refractivity contribution in [2.24, 2.45) is 0 Å². The van der Waals surface area contributed by atoms with E-state index in [9.17, 15) is 0 Å². The van der Waals surface area contributed by atoms with Crippen LogP contribution in [-0.2, 0) is 0 Å². The Balaban J connectivity index is 1.04. The van der Waals surface area contributed by atoms with Crippen molar-refractivity contribution in [2.75, 3.05) is 0 Å². The van der Waals surface area contributed by atoms with Gasteiger partial charge < -0.3 is 18.0 Å². The molecule has 5 heterocycles.